The second-order valence-electron chi connectivity index (χ2n) is 3.69. The molecule has 0 aliphatic heterocycles. The van der Waals surface area contributed by atoms with Crippen LogP contribution in [0.4, 0.5) is 11.4 Å². The van der Waals surface area contributed by atoms with Crippen LogP contribution < -0.4 is 16.8 Å². The van der Waals surface area contributed by atoms with Crippen LogP contribution in [0, 0.1) is 0 Å². The van der Waals surface area contributed by atoms with Crippen LogP contribution in [0.3, 0.4) is 0 Å². The summed E-state index contributed by atoms with van der Waals surface area (Å²) >= 11 is 0. The number of benzene rings is 1. The number of hydrogen-bond donors (Lipinski definition) is 3. The predicted molar refractivity (Wildman–Crippen MR) is 68.1 cm³/mol. The summed E-state index contributed by atoms with van der Waals surface area (Å²) in [5.41, 5.74) is 14.1. The van der Waals surface area contributed by atoms with Crippen LogP contribution in [0.2, 0.25) is 0 Å². The van der Waals surface area contributed by atoms with Crippen LogP contribution in [-0.2, 0) is 11.3 Å². The summed E-state index contributed by atoms with van der Waals surface area (Å²) in [6.45, 7) is 5.26. The van der Waals surface area contributed by atoms with Crippen LogP contribution >= 0.6 is 0 Å². The molecule has 1 aromatic rings. The molecule has 4 nitrogen and oxygen atoms in total. The quantitative estimate of drug-likeness (QED) is 0.482. The molecular weight excluding hydrogens is 202 g/mol. The van der Waals surface area contributed by atoms with E-state index in [1.54, 1.807) is 0 Å². The van der Waals surface area contributed by atoms with E-state index in [-0.39, 0.29) is 0 Å². The van der Waals surface area contributed by atoms with Crippen molar-refractivity contribution in [3.8, 4) is 0 Å². The molecule has 0 unspecified atom stereocenters. The van der Waals surface area contributed by atoms with Gasteiger partial charge in [-0.3, -0.25) is 0 Å². The Kier molecular flexibility index (Phi) is 5.67. The van der Waals surface area contributed by atoms with Gasteiger partial charge in [0.15, 0.2) is 0 Å². The molecule has 0 aromatic heterocycles. The number of rotatable bonds is 7. The molecule has 1 rings (SSSR count). The van der Waals surface area contributed by atoms with Crippen molar-refractivity contribution in [3.63, 3.8) is 0 Å². The molecule has 90 valence electrons. The second-order valence-corrected chi connectivity index (χ2v) is 3.69. The molecule has 16 heavy (non-hydrogen) atoms. The number of anilines is 2. The lowest BCUT2D eigenvalue weighted by Crippen LogP contribution is -2.17. The SMILES string of the molecule is CCOCCCNCc1cc(N)ccc1N. The Morgan fingerprint density at radius 3 is 2.88 bits per heavy atom. The Hall–Kier alpha value is -1.26. The first kappa shape index (κ1) is 12.8. The van der Waals surface area contributed by atoms with E-state index in [0.29, 0.717) is 0 Å². The molecule has 5 N–H and O–H groups in total. The Bertz CT molecular complexity index is 315. The summed E-state index contributed by atoms with van der Waals surface area (Å²) in [5.74, 6) is 0. The first-order chi connectivity index (χ1) is 7.74. The van der Waals surface area contributed by atoms with Crippen molar-refractivity contribution in [3.05, 3.63) is 23.8 Å². The van der Waals surface area contributed by atoms with E-state index in [1.165, 1.54) is 0 Å². The lowest BCUT2D eigenvalue weighted by molar-refractivity contribution is 0.144. The van der Waals surface area contributed by atoms with E-state index < -0.39 is 0 Å². The summed E-state index contributed by atoms with van der Waals surface area (Å²) < 4.78 is 5.24. The second kappa shape index (κ2) is 7.09. The highest BCUT2D eigenvalue weighted by Gasteiger charge is 1.98. The van der Waals surface area contributed by atoms with Gasteiger partial charge in [-0.05, 0) is 43.7 Å². The highest BCUT2D eigenvalue weighted by molar-refractivity contribution is 5.55. The number of ether oxygens (including phenoxy) is 1. The Morgan fingerprint density at radius 2 is 2.12 bits per heavy atom. The topological polar surface area (TPSA) is 73.3 Å². The van der Waals surface area contributed by atoms with E-state index in [1.807, 2.05) is 25.1 Å². The van der Waals surface area contributed by atoms with Gasteiger partial charge in [-0.15, -0.1) is 0 Å². The van der Waals surface area contributed by atoms with Crippen molar-refractivity contribution in [2.24, 2.45) is 0 Å². The molecule has 0 saturated carbocycles. The van der Waals surface area contributed by atoms with Crippen LogP contribution in [-0.4, -0.2) is 19.8 Å². The standard InChI is InChI=1S/C12H21N3O/c1-2-16-7-3-6-15-9-10-8-11(13)4-5-12(10)14/h4-5,8,15H,2-3,6-7,9,13-14H2,1H3. The minimum atomic E-state index is 0.750. The summed E-state index contributed by atoms with van der Waals surface area (Å²) in [6.07, 6.45) is 1.01. The minimum absolute atomic E-state index is 0.750. The molecule has 0 atom stereocenters. The van der Waals surface area contributed by atoms with Crippen LogP contribution in [0.25, 0.3) is 0 Å². The third-order valence-corrected chi connectivity index (χ3v) is 2.33. The molecule has 4 heteroatoms. The van der Waals surface area contributed by atoms with E-state index in [9.17, 15) is 0 Å². The fourth-order valence-corrected chi connectivity index (χ4v) is 1.45. The van der Waals surface area contributed by atoms with Gasteiger partial charge in [-0.25, -0.2) is 0 Å². The highest BCUT2D eigenvalue weighted by Crippen LogP contribution is 2.14. The first-order valence-electron chi connectivity index (χ1n) is 5.66. The molecule has 0 fully saturated rings. The number of hydrogen-bond acceptors (Lipinski definition) is 4. The molecule has 0 aliphatic carbocycles. The Balaban J connectivity index is 2.23. The monoisotopic (exact) mass is 223 g/mol. The zero-order valence-electron chi connectivity index (χ0n) is 9.83. The van der Waals surface area contributed by atoms with Crippen LogP contribution in [0.15, 0.2) is 18.2 Å². The van der Waals surface area contributed by atoms with Crippen molar-refractivity contribution in [2.45, 2.75) is 19.9 Å². The van der Waals surface area contributed by atoms with Gasteiger partial charge in [0.05, 0.1) is 0 Å². The van der Waals surface area contributed by atoms with Crippen molar-refractivity contribution >= 4 is 11.4 Å². The number of nitrogens with one attached hydrogen (secondary N) is 1. The normalized spacial score (nSPS) is 10.6. The average Bonchev–Trinajstić information content (AvgIpc) is 2.28. The molecule has 1 aromatic carbocycles. The maximum atomic E-state index is 5.83. The number of nitrogens with two attached hydrogens (primary N) is 2. The molecule has 0 bridgehead atoms. The molecule has 0 spiro atoms. The third kappa shape index (κ3) is 4.51. The molecular formula is C12H21N3O. The van der Waals surface area contributed by atoms with Gasteiger partial charge in [-0.2, -0.15) is 0 Å². The van der Waals surface area contributed by atoms with Crippen molar-refractivity contribution in [2.75, 3.05) is 31.2 Å². The van der Waals surface area contributed by atoms with Gasteiger partial charge in [0, 0.05) is 31.1 Å². The maximum Gasteiger partial charge on any atom is 0.0477 e. The minimum Gasteiger partial charge on any atom is -0.399 e. The van der Waals surface area contributed by atoms with E-state index in [0.717, 1.165) is 49.7 Å². The zero-order chi connectivity index (χ0) is 11.8. The Labute approximate surface area is 97.0 Å². The van der Waals surface area contributed by atoms with Gasteiger partial charge in [0.1, 0.15) is 0 Å². The van der Waals surface area contributed by atoms with E-state index >= 15 is 0 Å². The van der Waals surface area contributed by atoms with Gasteiger partial charge in [0.25, 0.3) is 0 Å². The van der Waals surface area contributed by atoms with Gasteiger partial charge >= 0.3 is 0 Å². The Morgan fingerprint density at radius 1 is 1.31 bits per heavy atom. The van der Waals surface area contributed by atoms with Crippen molar-refractivity contribution < 1.29 is 4.74 Å². The number of nitrogen functional groups attached to an aromatic ring is 2. The molecule has 0 saturated heterocycles. The predicted octanol–water partition coefficient (Wildman–Crippen LogP) is 1.37. The average molecular weight is 223 g/mol. The molecule has 0 radical (unpaired) electrons. The van der Waals surface area contributed by atoms with Crippen molar-refractivity contribution in [1.29, 1.82) is 0 Å². The third-order valence-electron chi connectivity index (χ3n) is 2.33. The van der Waals surface area contributed by atoms with Gasteiger partial charge in [-0.1, -0.05) is 0 Å². The fraction of sp³-hybridized carbons (Fsp3) is 0.500. The van der Waals surface area contributed by atoms with E-state index in [4.69, 9.17) is 16.2 Å². The van der Waals surface area contributed by atoms with Crippen molar-refractivity contribution in [1.82, 2.24) is 5.32 Å². The van der Waals surface area contributed by atoms with Gasteiger partial charge in [0.2, 0.25) is 0 Å². The lowest BCUT2D eigenvalue weighted by Gasteiger charge is -2.08. The summed E-state index contributed by atoms with van der Waals surface area (Å²) in [5, 5.41) is 3.31. The summed E-state index contributed by atoms with van der Waals surface area (Å²) in [7, 11) is 0. The molecule has 0 amide bonds. The smallest absolute Gasteiger partial charge is 0.0477 e. The fourth-order valence-electron chi connectivity index (χ4n) is 1.45. The van der Waals surface area contributed by atoms with Crippen LogP contribution in [0.5, 0.6) is 0 Å². The largest absolute Gasteiger partial charge is 0.399 e. The van der Waals surface area contributed by atoms with E-state index in [2.05, 4.69) is 5.32 Å². The van der Waals surface area contributed by atoms with Crippen LogP contribution in [0.1, 0.15) is 18.9 Å². The summed E-state index contributed by atoms with van der Waals surface area (Å²) in [6, 6.07) is 5.56. The first-order valence-corrected chi connectivity index (χ1v) is 5.66. The highest BCUT2D eigenvalue weighted by atomic mass is 16.5. The van der Waals surface area contributed by atoms with Gasteiger partial charge < -0.3 is 21.5 Å². The molecule has 0 aliphatic rings. The lowest BCUT2D eigenvalue weighted by atomic mass is 10.1. The zero-order valence-corrected chi connectivity index (χ0v) is 9.83. The maximum absolute atomic E-state index is 5.83. The molecule has 0 heterocycles. The summed E-state index contributed by atoms with van der Waals surface area (Å²) in [4.78, 5) is 0.